The summed E-state index contributed by atoms with van der Waals surface area (Å²) in [7, 11) is 0. The minimum absolute atomic E-state index is 0.783. The molecule has 0 aromatic rings. The predicted molar refractivity (Wildman–Crippen MR) is 36.8 cm³/mol. The Morgan fingerprint density at radius 1 is 1.60 bits per heavy atom. The molecule has 1 atom stereocenters. The zero-order valence-electron chi connectivity index (χ0n) is 4.84. The molecule has 0 aliphatic heterocycles. The molecule has 3 nitrogen and oxygen atoms in total. The quantitative estimate of drug-likeness (QED) is 0.284. The van der Waals surface area contributed by atoms with Crippen LogP contribution in [0.4, 0.5) is 0 Å². The fourth-order valence-electron chi connectivity index (χ4n) is 0.196. The zero-order chi connectivity index (χ0) is 8.15. The molecule has 0 rings (SSSR count). The maximum Gasteiger partial charge on any atom is 0.332 e. The van der Waals surface area contributed by atoms with Gasteiger partial charge in [-0.25, -0.2) is 4.79 Å². The van der Waals surface area contributed by atoms with Crippen LogP contribution in [0.3, 0.4) is 0 Å². The van der Waals surface area contributed by atoms with Gasteiger partial charge in [-0.1, -0.05) is 18.2 Å². The molecule has 0 fully saturated rings. The lowest BCUT2D eigenvalue weighted by atomic mass is 10.6. The molecule has 0 aromatic carbocycles. The molecule has 10 heavy (non-hydrogen) atoms. The number of halogens is 2. The molecule has 0 bridgehead atoms. The van der Waals surface area contributed by atoms with Crippen molar-refractivity contribution in [3.63, 3.8) is 0 Å². The standard InChI is InChI=1S/C5H4Cl2O3/c1-2-3(8)10-5(7)4(6)9/h2,5H,1H2. The molecule has 0 radical (unpaired) electrons. The number of hydrogen-bond acceptors (Lipinski definition) is 3. The summed E-state index contributed by atoms with van der Waals surface area (Å²) >= 11 is 9.96. The van der Waals surface area contributed by atoms with E-state index in [1.165, 1.54) is 0 Å². The SMILES string of the molecule is C=CC(=O)OC(Cl)C(=O)Cl. The van der Waals surface area contributed by atoms with Crippen LogP contribution in [-0.2, 0) is 14.3 Å². The van der Waals surface area contributed by atoms with Crippen LogP contribution in [-0.4, -0.2) is 16.8 Å². The summed E-state index contributed by atoms with van der Waals surface area (Å²) in [6.07, 6.45) is 0.884. The van der Waals surface area contributed by atoms with Gasteiger partial charge in [-0.05, 0) is 11.6 Å². The van der Waals surface area contributed by atoms with E-state index >= 15 is 0 Å². The van der Waals surface area contributed by atoms with Gasteiger partial charge in [-0.2, -0.15) is 0 Å². The van der Waals surface area contributed by atoms with Crippen LogP contribution in [0.2, 0.25) is 0 Å². The van der Waals surface area contributed by atoms with Crippen molar-refractivity contribution in [3.8, 4) is 0 Å². The van der Waals surface area contributed by atoms with E-state index in [9.17, 15) is 9.59 Å². The number of carbonyl (C=O) groups is 2. The van der Waals surface area contributed by atoms with E-state index in [4.69, 9.17) is 23.2 Å². The molecule has 0 saturated heterocycles. The number of ether oxygens (including phenoxy) is 1. The summed E-state index contributed by atoms with van der Waals surface area (Å²) in [6, 6.07) is 0. The number of alkyl halides is 1. The van der Waals surface area contributed by atoms with E-state index in [-0.39, 0.29) is 0 Å². The Kier molecular flexibility index (Phi) is 4.07. The maximum absolute atomic E-state index is 10.3. The van der Waals surface area contributed by atoms with E-state index in [1.54, 1.807) is 0 Å². The summed E-state index contributed by atoms with van der Waals surface area (Å²) in [5.74, 6) is -0.783. The summed E-state index contributed by atoms with van der Waals surface area (Å²) in [5.41, 5.74) is -1.42. The Balaban J connectivity index is 3.79. The minimum Gasteiger partial charge on any atom is -0.434 e. The smallest absolute Gasteiger partial charge is 0.332 e. The molecule has 0 aliphatic carbocycles. The second-order valence-electron chi connectivity index (χ2n) is 1.26. The summed E-state index contributed by atoms with van der Waals surface area (Å²) in [6.45, 7) is 3.09. The van der Waals surface area contributed by atoms with Crippen LogP contribution >= 0.6 is 23.2 Å². The Morgan fingerprint density at radius 2 is 2.10 bits per heavy atom. The van der Waals surface area contributed by atoms with Crippen LogP contribution in [0.25, 0.3) is 0 Å². The second kappa shape index (κ2) is 4.30. The van der Waals surface area contributed by atoms with Gasteiger partial charge in [-0.15, -0.1) is 0 Å². The molecule has 5 heteroatoms. The van der Waals surface area contributed by atoms with E-state index in [0.29, 0.717) is 0 Å². The molecule has 1 unspecified atom stereocenters. The van der Waals surface area contributed by atoms with Crippen LogP contribution < -0.4 is 0 Å². The molecule has 0 spiro atoms. The normalized spacial score (nSPS) is 11.8. The van der Waals surface area contributed by atoms with Gasteiger partial charge in [0.2, 0.25) is 5.56 Å². The topological polar surface area (TPSA) is 43.4 Å². The highest BCUT2D eigenvalue weighted by Gasteiger charge is 2.15. The van der Waals surface area contributed by atoms with Crippen molar-refractivity contribution >= 4 is 34.4 Å². The highest BCUT2D eigenvalue weighted by molar-refractivity contribution is 6.68. The zero-order valence-corrected chi connectivity index (χ0v) is 6.35. The Morgan fingerprint density at radius 3 is 2.40 bits per heavy atom. The van der Waals surface area contributed by atoms with Crippen molar-refractivity contribution in [2.75, 3.05) is 0 Å². The van der Waals surface area contributed by atoms with Crippen LogP contribution in [0.1, 0.15) is 0 Å². The van der Waals surface area contributed by atoms with Gasteiger partial charge in [0, 0.05) is 6.08 Å². The van der Waals surface area contributed by atoms with Crippen molar-refractivity contribution in [1.29, 1.82) is 0 Å². The van der Waals surface area contributed by atoms with Crippen molar-refractivity contribution in [2.24, 2.45) is 0 Å². The summed E-state index contributed by atoms with van der Waals surface area (Å²) < 4.78 is 4.19. The first kappa shape index (κ1) is 9.46. The molecule has 0 aromatic heterocycles. The van der Waals surface area contributed by atoms with Gasteiger partial charge in [0.1, 0.15) is 0 Å². The van der Waals surface area contributed by atoms with Gasteiger partial charge in [0.05, 0.1) is 0 Å². The number of esters is 1. The van der Waals surface area contributed by atoms with Crippen LogP contribution in [0.5, 0.6) is 0 Å². The first-order valence-corrected chi connectivity index (χ1v) is 3.06. The van der Waals surface area contributed by atoms with Crippen molar-refractivity contribution in [3.05, 3.63) is 12.7 Å². The third-order valence-electron chi connectivity index (χ3n) is 0.565. The van der Waals surface area contributed by atoms with Crippen molar-refractivity contribution < 1.29 is 14.3 Å². The maximum atomic E-state index is 10.3. The minimum atomic E-state index is -1.42. The van der Waals surface area contributed by atoms with Gasteiger partial charge in [0.15, 0.2) is 0 Å². The van der Waals surface area contributed by atoms with E-state index in [0.717, 1.165) is 6.08 Å². The molecular weight excluding hydrogens is 179 g/mol. The second-order valence-corrected chi connectivity index (χ2v) is 2.03. The third-order valence-corrected chi connectivity index (χ3v) is 1.16. The number of carbonyl (C=O) groups excluding carboxylic acids is 2. The average Bonchev–Trinajstić information content (AvgIpc) is 1.87. The first-order valence-electron chi connectivity index (χ1n) is 2.24. The van der Waals surface area contributed by atoms with Gasteiger partial charge >= 0.3 is 5.97 Å². The number of hydrogen-bond donors (Lipinski definition) is 0. The van der Waals surface area contributed by atoms with Gasteiger partial charge in [-0.3, -0.25) is 4.79 Å². The van der Waals surface area contributed by atoms with E-state index in [1.807, 2.05) is 0 Å². The molecule has 56 valence electrons. The molecule has 0 aliphatic rings. The Labute approximate surface area is 67.6 Å². The lowest BCUT2D eigenvalue weighted by Gasteiger charge is -2.02. The monoisotopic (exact) mass is 182 g/mol. The van der Waals surface area contributed by atoms with Crippen LogP contribution in [0.15, 0.2) is 12.7 Å². The van der Waals surface area contributed by atoms with Crippen molar-refractivity contribution in [1.82, 2.24) is 0 Å². The fourth-order valence-corrected chi connectivity index (χ4v) is 0.329. The Bertz CT molecular complexity index is 166. The van der Waals surface area contributed by atoms with Gasteiger partial charge < -0.3 is 4.74 Å². The largest absolute Gasteiger partial charge is 0.434 e. The molecular formula is C5H4Cl2O3. The lowest BCUT2D eigenvalue weighted by Crippen LogP contribution is -2.16. The van der Waals surface area contributed by atoms with E-state index < -0.39 is 16.8 Å². The summed E-state index contributed by atoms with van der Waals surface area (Å²) in [4.78, 5) is 20.4. The predicted octanol–water partition coefficient (Wildman–Crippen LogP) is 1.05. The first-order chi connectivity index (χ1) is 4.57. The molecule has 0 heterocycles. The molecule has 0 N–H and O–H groups in total. The van der Waals surface area contributed by atoms with E-state index in [2.05, 4.69) is 11.3 Å². The van der Waals surface area contributed by atoms with Crippen molar-refractivity contribution in [2.45, 2.75) is 5.56 Å². The number of rotatable bonds is 3. The third kappa shape index (κ3) is 3.48. The van der Waals surface area contributed by atoms with Crippen LogP contribution in [0, 0.1) is 0 Å². The molecule has 0 amide bonds. The summed E-state index contributed by atoms with van der Waals surface area (Å²) in [5, 5.41) is -0.933. The highest BCUT2D eigenvalue weighted by atomic mass is 35.5. The highest BCUT2D eigenvalue weighted by Crippen LogP contribution is 2.03. The Hall–Kier alpha value is -0.540. The van der Waals surface area contributed by atoms with Gasteiger partial charge in [0.25, 0.3) is 5.24 Å². The molecule has 0 saturated carbocycles. The lowest BCUT2D eigenvalue weighted by molar-refractivity contribution is -0.143. The fraction of sp³-hybridized carbons (Fsp3) is 0.200. The average molecular weight is 183 g/mol.